The van der Waals surface area contributed by atoms with Crippen molar-refractivity contribution in [2.45, 2.75) is 32.2 Å². The molecule has 0 aliphatic carbocycles. The van der Waals surface area contributed by atoms with Gasteiger partial charge in [-0.25, -0.2) is 19.2 Å². The largest absolute Gasteiger partial charge is 0.473 e. The minimum Gasteiger partial charge on any atom is -0.473 e. The lowest BCUT2D eigenvalue weighted by molar-refractivity contribution is -0.0590. The van der Waals surface area contributed by atoms with Gasteiger partial charge in [0, 0.05) is 35.0 Å². The van der Waals surface area contributed by atoms with E-state index in [1.807, 2.05) is 24.4 Å². The molecule has 40 heavy (non-hydrogen) atoms. The molecular weight excluding hydrogens is 537 g/mol. The molecule has 204 valence electrons. The molecule has 11 heteroatoms. The van der Waals surface area contributed by atoms with Crippen LogP contribution in [0.1, 0.15) is 28.2 Å². The lowest BCUT2D eigenvalue weighted by atomic mass is 10.1. The van der Waals surface area contributed by atoms with Gasteiger partial charge in [-0.3, -0.25) is 4.68 Å². The molecule has 1 fully saturated rings. The Bertz CT molecular complexity index is 1700. The summed E-state index contributed by atoms with van der Waals surface area (Å²) >= 11 is 5.83. The van der Waals surface area contributed by atoms with E-state index >= 15 is 0 Å². The number of hydrogen-bond acceptors (Lipinski definition) is 7. The number of esters is 1. The number of halogens is 2. The zero-order valence-electron chi connectivity index (χ0n) is 21.6. The van der Waals surface area contributed by atoms with Gasteiger partial charge in [0.2, 0.25) is 5.88 Å². The summed E-state index contributed by atoms with van der Waals surface area (Å²) in [5.41, 5.74) is 3.92. The number of carbonyl (C=O) groups is 1. The topological polar surface area (TPSA) is 93.3 Å². The number of nitrogens with zero attached hydrogens (tertiary/aromatic N) is 5. The van der Waals surface area contributed by atoms with Crippen LogP contribution in [-0.2, 0) is 29.2 Å². The van der Waals surface area contributed by atoms with Gasteiger partial charge in [0.15, 0.2) is 0 Å². The highest BCUT2D eigenvalue weighted by molar-refractivity contribution is 6.30. The van der Waals surface area contributed by atoms with E-state index in [2.05, 4.69) is 14.6 Å². The fraction of sp³-hybridized carbons (Fsp3) is 0.241. The maximum Gasteiger partial charge on any atom is 0.337 e. The number of pyridine rings is 1. The second-order valence-corrected chi connectivity index (χ2v) is 9.86. The summed E-state index contributed by atoms with van der Waals surface area (Å²) in [6.45, 7) is 1.80. The Balaban J connectivity index is 1.22. The Labute approximate surface area is 234 Å². The zero-order chi connectivity index (χ0) is 27.6. The Morgan fingerprint density at radius 2 is 2.05 bits per heavy atom. The quantitative estimate of drug-likeness (QED) is 0.226. The molecule has 2 aromatic carbocycles. The molecule has 0 bridgehead atoms. The van der Waals surface area contributed by atoms with Gasteiger partial charge in [-0.2, -0.15) is 5.10 Å². The number of methoxy groups -OCH3 is 1. The molecule has 1 aliphatic rings. The maximum absolute atomic E-state index is 14.1. The van der Waals surface area contributed by atoms with Crippen molar-refractivity contribution in [2.75, 3.05) is 13.7 Å². The number of fused-ring (bicyclic) bond motifs is 1. The average Bonchev–Trinajstić information content (AvgIpc) is 3.54. The molecule has 0 unspecified atom stereocenters. The van der Waals surface area contributed by atoms with Crippen LogP contribution in [0.4, 0.5) is 4.39 Å². The summed E-state index contributed by atoms with van der Waals surface area (Å²) in [7, 11) is 1.36. The minimum absolute atomic E-state index is 0.0251. The molecule has 1 atom stereocenters. The molecule has 5 aromatic rings. The van der Waals surface area contributed by atoms with Crippen LogP contribution in [0, 0.1) is 5.82 Å². The van der Waals surface area contributed by atoms with Crippen molar-refractivity contribution in [3.8, 4) is 17.1 Å². The second kappa shape index (κ2) is 11.1. The molecule has 0 radical (unpaired) electrons. The number of benzene rings is 2. The van der Waals surface area contributed by atoms with Gasteiger partial charge in [-0.1, -0.05) is 23.7 Å². The Hall–Kier alpha value is -4.28. The summed E-state index contributed by atoms with van der Waals surface area (Å²) in [6, 6.07) is 15.2. The molecular formula is C29H25ClFN5O4. The normalized spacial score (nSPS) is 14.7. The van der Waals surface area contributed by atoms with E-state index in [1.54, 1.807) is 41.2 Å². The number of rotatable bonds is 9. The van der Waals surface area contributed by atoms with Gasteiger partial charge >= 0.3 is 5.97 Å². The Morgan fingerprint density at radius 3 is 2.83 bits per heavy atom. The molecule has 4 heterocycles. The SMILES string of the molecule is COC(=O)c1ccc2nc(Cn3cc(-c4cccc(OCc5ccc(Cl)cc5F)n4)cn3)n(C[C@@H]3CCO3)c2c1. The molecule has 0 saturated carbocycles. The number of imidazole rings is 1. The van der Waals surface area contributed by atoms with E-state index in [-0.39, 0.29) is 12.7 Å². The minimum atomic E-state index is -0.429. The molecule has 0 spiro atoms. The molecule has 0 amide bonds. The van der Waals surface area contributed by atoms with E-state index in [9.17, 15) is 9.18 Å². The Kier molecular flexibility index (Phi) is 7.19. The predicted molar refractivity (Wildman–Crippen MR) is 146 cm³/mol. The number of aromatic nitrogens is 5. The van der Waals surface area contributed by atoms with E-state index in [0.29, 0.717) is 40.8 Å². The molecule has 6 rings (SSSR count). The van der Waals surface area contributed by atoms with E-state index in [0.717, 1.165) is 35.4 Å². The van der Waals surface area contributed by atoms with Crippen LogP contribution in [-0.4, -0.2) is 50.1 Å². The first-order chi connectivity index (χ1) is 19.5. The van der Waals surface area contributed by atoms with Crippen LogP contribution < -0.4 is 4.74 Å². The van der Waals surface area contributed by atoms with Crippen LogP contribution >= 0.6 is 11.6 Å². The first kappa shape index (κ1) is 26.0. The highest BCUT2D eigenvalue weighted by atomic mass is 35.5. The van der Waals surface area contributed by atoms with Crippen molar-refractivity contribution in [3.63, 3.8) is 0 Å². The lowest BCUT2D eigenvalue weighted by Crippen LogP contribution is -2.32. The molecule has 1 aliphatic heterocycles. The molecule has 3 aromatic heterocycles. The van der Waals surface area contributed by atoms with Crippen LogP contribution in [0.25, 0.3) is 22.3 Å². The molecule has 9 nitrogen and oxygen atoms in total. The van der Waals surface area contributed by atoms with Gasteiger partial charge in [-0.05, 0) is 42.8 Å². The first-order valence-electron chi connectivity index (χ1n) is 12.7. The number of carbonyl (C=O) groups excluding carboxylic acids is 1. The van der Waals surface area contributed by atoms with Crippen LogP contribution in [0.15, 0.2) is 67.0 Å². The smallest absolute Gasteiger partial charge is 0.337 e. The monoisotopic (exact) mass is 561 g/mol. The highest BCUT2D eigenvalue weighted by Crippen LogP contribution is 2.25. The van der Waals surface area contributed by atoms with Crippen molar-refractivity contribution in [3.05, 3.63) is 94.8 Å². The summed E-state index contributed by atoms with van der Waals surface area (Å²) in [4.78, 5) is 21.5. The third-order valence-corrected chi connectivity index (χ3v) is 7.01. The summed E-state index contributed by atoms with van der Waals surface area (Å²) in [5.74, 6) is 0.326. The fourth-order valence-electron chi connectivity index (χ4n) is 4.55. The van der Waals surface area contributed by atoms with Gasteiger partial charge < -0.3 is 18.8 Å². The van der Waals surface area contributed by atoms with Crippen molar-refractivity contribution in [1.82, 2.24) is 24.3 Å². The highest BCUT2D eigenvalue weighted by Gasteiger charge is 2.23. The summed E-state index contributed by atoms with van der Waals surface area (Å²) in [5, 5.41) is 4.86. The van der Waals surface area contributed by atoms with E-state index in [4.69, 9.17) is 30.8 Å². The Morgan fingerprint density at radius 1 is 1.18 bits per heavy atom. The maximum atomic E-state index is 14.1. The zero-order valence-corrected chi connectivity index (χ0v) is 22.3. The van der Waals surface area contributed by atoms with E-state index < -0.39 is 11.8 Å². The first-order valence-corrected chi connectivity index (χ1v) is 13.1. The van der Waals surface area contributed by atoms with Crippen molar-refractivity contribution in [2.24, 2.45) is 0 Å². The average molecular weight is 562 g/mol. The van der Waals surface area contributed by atoms with Crippen LogP contribution in [0.3, 0.4) is 0 Å². The molecule has 1 saturated heterocycles. The van der Waals surface area contributed by atoms with Gasteiger partial charge in [-0.15, -0.1) is 0 Å². The third kappa shape index (κ3) is 5.41. The lowest BCUT2D eigenvalue weighted by Gasteiger charge is -2.27. The van der Waals surface area contributed by atoms with Gasteiger partial charge in [0.25, 0.3) is 0 Å². The van der Waals surface area contributed by atoms with Crippen molar-refractivity contribution < 1.29 is 23.4 Å². The summed E-state index contributed by atoms with van der Waals surface area (Å²) < 4.78 is 34.3. The third-order valence-electron chi connectivity index (χ3n) is 6.77. The van der Waals surface area contributed by atoms with Crippen molar-refractivity contribution in [1.29, 1.82) is 0 Å². The summed E-state index contributed by atoms with van der Waals surface area (Å²) in [6.07, 6.45) is 4.67. The predicted octanol–water partition coefficient (Wildman–Crippen LogP) is 5.29. The van der Waals surface area contributed by atoms with Crippen LogP contribution in [0.5, 0.6) is 5.88 Å². The van der Waals surface area contributed by atoms with Crippen molar-refractivity contribution >= 4 is 28.6 Å². The number of hydrogen-bond donors (Lipinski definition) is 0. The number of ether oxygens (including phenoxy) is 3. The standard InChI is InChI=1S/C29H25ClFN5O4/c1-38-29(37)18-6-8-25-26(11-18)36(15-22-9-10-39-22)27(33-25)16-35-14-20(13-32-35)24-3-2-4-28(34-24)40-17-19-5-7-21(30)12-23(19)31/h2-8,11-14,22H,9-10,15-17H2,1H3/t22-/m0/s1. The second-order valence-electron chi connectivity index (χ2n) is 9.43. The fourth-order valence-corrected chi connectivity index (χ4v) is 4.71. The van der Waals surface area contributed by atoms with Crippen LogP contribution in [0.2, 0.25) is 5.02 Å². The van der Waals surface area contributed by atoms with Gasteiger partial charge in [0.1, 0.15) is 18.2 Å². The molecule has 0 N–H and O–H groups in total. The van der Waals surface area contributed by atoms with Gasteiger partial charge in [0.05, 0.1) is 54.8 Å². The van der Waals surface area contributed by atoms with E-state index in [1.165, 1.54) is 13.2 Å².